The molecule has 0 saturated heterocycles. The van der Waals surface area contributed by atoms with Crippen molar-refractivity contribution in [2.75, 3.05) is 14.2 Å². The van der Waals surface area contributed by atoms with Crippen molar-refractivity contribution >= 4 is 5.97 Å². The Morgan fingerprint density at radius 2 is 2.13 bits per heavy atom. The summed E-state index contributed by atoms with van der Waals surface area (Å²) in [5, 5.41) is 0. The minimum Gasteiger partial charge on any atom is -0.481 e. The van der Waals surface area contributed by atoms with E-state index in [1.165, 1.54) is 13.3 Å². The summed E-state index contributed by atoms with van der Waals surface area (Å²) in [4.78, 5) is 14.8. The van der Waals surface area contributed by atoms with Gasteiger partial charge >= 0.3 is 5.97 Å². The minimum atomic E-state index is -2.84. The molecule has 1 heterocycles. The highest BCUT2D eigenvalue weighted by Gasteiger charge is 2.24. The lowest BCUT2D eigenvalue weighted by atomic mass is 10.1. The smallest absolute Gasteiger partial charge is 0.338 e. The highest BCUT2D eigenvalue weighted by molar-refractivity contribution is 5.91. The molecule has 0 aliphatic rings. The number of carbonyl (C=O) groups is 1. The number of hydrogen-bond acceptors (Lipinski definition) is 4. The predicted octanol–water partition coefficient (Wildman–Crippen LogP) is 1.81. The van der Waals surface area contributed by atoms with Crippen LogP contribution in [-0.4, -0.2) is 25.2 Å². The summed E-state index contributed by atoms with van der Waals surface area (Å²) in [5.74, 6) is -1.11. The number of esters is 1. The van der Waals surface area contributed by atoms with Gasteiger partial charge in [0, 0.05) is 6.20 Å². The van der Waals surface area contributed by atoms with Crippen LogP contribution in [0.15, 0.2) is 12.3 Å². The monoisotopic (exact) mass is 217 g/mol. The average molecular weight is 217 g/mol. The van der Waals surface area contributed by atoms with E-state index in [9.17, 15) is 13.6 Å². The number of alkyl halides is 2. The van der Waals surface area contributed by atoms with Gasteiger partial charge in [-0.3, -0.25) is 0 Å². The van der Waals surface area contributed by atoms with E-state index in [0.717, 1.165) is 13.2 Å². The maximum absolute atomic E-state index is 12.6. The fourth-order valence-electron chi connectivity index (χ4n) is 1.12. The molecule has 0 unspecified atom stereocenters. The minimum absolute atomic E-state index is 0.237. The number of ether oxygens (including phenoxy) is 2. The Hall–Kier alpha value is -1.72. The number of rotatable bonds is 3. The Balaban J connectivity index is 3.31. The topological polar surface area (TPSA) is 48.4 Å². The van der Waals surface area contributed by atoms with Crippen LogP contribution in [0, 0.1) is 0 Å². The van der Waals surface area contributed by atoms with Gasteiger partial charge in [-0.1, -0.05) is 0 Å². The zero-order valence-electron chi connectivity index (χ0n) is 8.16. The summed E-state index contributed by atoms with van der Waals surface area (Å²) >= 11 is 0. The van der Waals surface area contributed by atoms with Crippen LogP contribution >= 0.6 is 0 Å². The second-order valence-electron chi connectivity index (χ2n) is 2.57. The van der Waals surface area contributed by atoms with Crippen molar-refractivity contribution in [3.63, 3.8) is 0 Å². The van der Waals surface area contributed by atoms with E-state index in [2.05, 4.69) is 14.5 Å². The molecule has 6 heteroatoms. The molecule has 1 aromatic rings. The normalized spacial score (nSPS) is 10.2. The van der Waals surface area contributed by atoms with E-state index in [4.69, 9.17) is 0 Å². The number of hydrogen-bond donors (Lipinski definition) is 0. The molecule has 1 aromatic heterocycles. The van der Waals surface area contributed by atoms with Crippen LogP contribution in [0.5, 0.6) is 5.88 Å². The Bertz CT molecular complexity index is 368. The third kappa shape index (κ3) is 2.20. The number of methoxy groups -OCH3 is 2. The van der Waals surface area contributed by atoms with Crippen molar-refractivity contribution < 1.29 is 23.0 Å². The van der Waals surface area contributed by atoms with E-state index < -0.39 is 18.0 Å². The zero-order chi connectivity index (χ0) is 11.4. The van der Waals surface area contributed by atoms with Crippen LogP contribution < -0.4 is 4.74 Å². The summed E-state index contributed by atoms with van der Waals surface area (Å²) in [6, 6.07) is 1.16. The summed E-state index contributed by atoms with van der Waals surface area (Å²) in [6.45, 7) is 0. The summed E-state index contributed by atoms with van der Waals surface area (Å²) in [7, 11) is 2.32. The van der Waals surface area contributed by atoms with Crippen molar-refractivity contribution in [3.8, 4) is 5.88 Å². The third-order valence-electron chi connectivity index (χ3n) is 1.77. The van der Waals surface area contributed by atoms with E-state index in [1.54, 1.807) is 0 Å². The number of halogens is 2. The lowest BCUT2D eigenvalue weighted by molar-refractivity contribution is 0.0587. The fraction of sp³-hybridized carbons (Fsp3) is 0.333. The van der Waals surface area contributed by atoms with Gasteiger partial charge in [-0.2, -0.15) is 0 Å². The second-order valence-corrected chi connectivity index (χ2v) is 2.57. The molecule has 0 atom stereocenters. The SMILES string of the molecule is COC(=O)c1ccnc(OC)c1C(F)F. The van der Waals surface area contributed by atoms with Gasteiger partial charge in [0.25, 0.3) is 6.43 Å². The van der Waals surface area contributed by atoms with Crippen molar-refractivity contribution in [1.82, 2.24) is 4.98 Å². The lowest BCUT2D eigenvalue weighted by Gasteiger charge is -2.10. The van der Waals surface area contributed by atoms with Gasteiger partial charge in [0.15, 0.2) is 0 Å². The first-order chi connectivity index (χ1) is 7.11. The van der Waals surface area contributed by atoms with Crippen molar-refractivity contribution in [2.45, 2.75) is 6.43 Å². The Morgan fingerprint density at radius 1 is 1.47 bits per heavy atom. The first-order valence-electron chi connectivity index (χ1n) is 4.01. The Morgan fingerprint density at radius 3 is 2.60 bits per heavy atom. The Kier molecular flexibility index (Phi) is 3.54. The first-order valence-corrected chi connectivity index (χ1v) is 4.01. The van der Waals surface area contributed by atoms with Crippen LogP contribution in [0.3, 0.4) is 0 Å². The largest absolute Gasteiger partial charge is 0.481 e. The van der Waals surface area contributed by atoms with Gasteiger partial charge in [0.1, 0.15) is 0 Å². The second kappa shape index (κ2) is 4.68. The van der Waals surface area contributed by atoms with E-state index in [1.807, 2.05) is 0 Å². The number of carbonyl (C=O) groups excluding carboxylic acids is 1. The molecule has 15 heavy (non-hydrogen) atoms. The average Bonchev–Trinajstić information content (AvgIpc) is 2.26. The van der Waals surface area contributed by atoms with Crippen molar-refractivity contribution in [1.29, 1.82) is 0 Å². The van der Waals surface area contributed by atoms with Gasteiger partial charge < -0.3 is 9.47 Å². The molecule has 0 radical (unpaired) electrons. The van der Waals surface area contributed by atoms with Gasteiger partial charge in [-0.05, 0) is 6.07 Å². The quantitative estimate of drug-likeness (QED) is 0.724. The summed E-state index contributed by atoms with van der Waals surface area (Å²) in [6.07, 6.45) is -1.64. The van der Waals surface area contributed by atoms with Crippen LogP contribution in [-0.2, 0) is 4.74 Å². The van der Waals surface area contributed by atoms with Crippen LogP contribution in [0.1, 0.15) is 22.3 Å². The van der Waals surface area contributed by atoms with E-state index >= 15 is 0 Å². The van der Waals surface area contributed by atoms with Gasteiger partial charge in [-0.25, -0.2) is 18.6 Å². The van der Waals surface area contributed by atoms with E-state index in [0.29, 0.717) is 0 Å². The van der Waals surface area contributed by atoms with Crippen LogP contribution in [0.2, 0.25) is 0 Å². The molecule has 0 fully saturated rings. The summed E-state index contributed by atoms with van der Waals surface area (Å²) in [5.41, 5.74) is -0.786. The lowest BCUT2D eigenvalue weighted by Crippen LogP contribution is -2.08. The fourth-order valence-corrected chi connectivity index (χ4v) is 1.12. The molecular weight excluding hydrogens is 208 g/mol. The van der Waals surface area contributed by atoms with Crippen LogP contribution in [0.4, 0.5) is 8.78 Å². The molecule has 0 amide bonds. The number of pyridine rings is 1. The van der Waals surface area contributed by atoms with E-state index in [-0.39, 0.29) is 11.4 Å². The summed E-state index contributed by atoms with van der Waals surface area (Å²) < 4.78 is 34.3. The third-order valence-corrected chi connectivity index (χ3v) is 1.77. The molecule has 4 nitrogen and oxygen atoms in total. The standard InChI is InChI=1S/C9H9F2NO3/c1-14-8-6(7(10)11)5(3-4-12-8)9(13)15-2/h3-4,7H,1-2H3. The molecule has 0 N–H and O–H groups in total. The highest BCUT2D eigenvalue weighted by Crippen LogP contribution is 2.30. The number of nitrogens with zero attached hydrogens (tertiary/aromatic N) is 1. The molecule has 0 spiro atoms. The molecule has 0 aliphatic heterocycles. The molecule has 0 aliphatic carbocycles. The maximum Gasteiger partial charge on any atom is 0.338 e. The van der Waals surface area contributed by atoms with Gasteiger partial charge in [0.2, 0.25) is 5.88 Å². The predicted molar refractivity (Wildman–Crippen MR) is 47.1 cm³/mol. The molecular formula is C9H9F2NO3. The Labute approximate surface area is 84.8 Å². The van der Waals surface area contributed by atoms with Crippen molar-refractivity contribution in [2.24, 2.45) is 0 Å². The molecule has 0 bridgehead atoms. The highest BCUT2D eigenvalue weighted by atomic mass is 19.3. The van der Waals surface area contributed by atoms with Gasteiger partial charge in [-0.15, -0.1) is 0 Å². The molecule has 0 saturated carbocycles. The molecule has 1 rings (SSSR count). The first kappa shape index (κ1) is 11.4. The zero-order valence-corrected chi connectivity index (χ0v) is 8.16. The maximum atomic E-state index is 12.6. The molecule has 0 aromatic carbocycles. The van der Waals surface area contributed by atoms with Gasteiger partial charge in [0.05, 0.1) is 25.3 Å². The molecule has 82 valence electrons. The van der Waals surface area contributed by atoms with Crippen LogP contribution in [0.25, 0.3) is 0 Å². The van der Waals surface area contributed by atoms with Crippen molar-refractivity contribution in [3.05, 3.63) is 23.4 Å². The number of aromatic nitrogens is 1.